The number of benzene rings is 2. The van der Waals surface area contributed by atoms with Crippen LogP contribution in [0.4, 0.5) is 5.69 Å². The number of nitrogens with one attached hydrogen (secondary N) is 1. The van der Waals surface area contributed by atoms with Gasteiger partial charge in [-0.15, -0.1) is 0 Å². The van der Waals surface area contributed by atoms with Crippen molar-refractivity contribution in [1.29, 1.82) is 0 Å². The van der Waals surface area contributed by atoms with Crippen molar-refractivity contribution < 1.29 is 8.42 Å². The van der Waals surface area contributed by atoms with Gasteiger partial charge in [-0.3, -0.25) is 0 Å². The van der Waals surface area contributed by atoms with Crippen molar-refractivity contribution in [3.05, 3.63) is 60.2 Å². The van der Waals surface area contributed by atoms with Gasteiger partial charge in [0.15, 0.2) is 9.84 Å². The minimum atomic E-state index is -3.13. The molecule has 128 valence electrons. The summed E-state index contributed by atoms with van der Waals surface area (Å²) in [7, 11) is -3.13. The highest BCUT2D eigenvalue weighted by molar-refractivity contribution is 7.90. The van der Waals surface area contributed by atoms with Gasteiger partial charge in [-0.1, -0.05) is 30.3 Å². The smallest absolute Gasteiger partial charge is 0.175 e. The van der Waals surface area contributed by atoms with Gasteiger partial charge in [0.25, 0.3) is 0 Å². The highest BCUT2D eigenvalue weighted by Gasteiger charge is 2.24. The van der Waals surface area contributed by atoms with Crippen LogP contribution in [0.2, 0.25) is 0 Å². The van der Waals surface area contributed by atoms with Crippen molar-refractivity contribution in [2.24, 2.45) is 0 Å². The van der Waals surface area contributed by atoms with Crippen LogP contribution in [-0.2, 0) is 9.84 Å². The van der Waals surface area contributed by atoms with E-state index in [2.05, 4.69) is 41.4 Å². The first-order valence-electron chi connectivity index (χ1n) is 8.29. The van der Waals surface area contributed by atoms with Crippen LogP contribution in [0, 0.1) is 0 Å². The molecule has 0 aromatic heterocycles. The molecule has 2 aromatic rings. The highest BCUT2D eigenvalue weighted by Crippen LogP contribution is 2.22. The fourth-order valence-electron chi connectivity index (χ4n) is 3.22. The first-order valence-corrected chi connectivity index (χ1v) is 10.2. The standard InChI is InChI=1S/C19H24N2O2S/c1-15(16-8-10-19(11-9-16)24(2,22)23)20-17-12-13-21(14-17)18-6-4-3-5-7-18/h3-11,15,17,20H,12-14H2,1-2H3/t15-,17-/m1/s1. The molecule has 1 heterocycles. The Morgan fingerprint density at radius 2 is 1.75 bits per heavy atom. The lowest BCUT2D eigenvalue weighted by atomic mass is 10.1. The van der Waals surface area contributed by atoms with Gasteiger partial charge in [0.2, 0.25) is 0 Å². The Morgan fingerprint density at radius 3 is 2.38 bits per heavy atom. The van der Waals surface area contributed by atoms with E-state index in [1.807, 2.05) is 18.2 Å². The maximum Gasteiger partial charge on any atom is 0.175 e. The molecule has 1 saturated heterocycles. The number of nitrogens with zero attached hydrogens (tertiary/aromatic N) is 1. The topological polar surface area (TPSA) is 49.4 Å². The van der Waals surface area contributed by atoms with Gasteiger partial charge >= 0.3 is 0 Å². The molecule has 0 bridgehead atoms. The van der Waals surface area contributed by atoms with Gasteiger partial charge in [-0.05, 0) is 43.2 Å². The summed E-state index contributed by atoms with van der Waals surface area (Å²) in [5, 5.41) is 3.66. The summed E-state index contributed by atoms with van der Waals surface area (Å²) in [6, 6.07) is 18.3. The van der Waals surface area contributed by atoms with Crippen LogP contribution in [0.3, 0.4) is 0 Å². The fourth-order valence-corrected chi connectivity index (χ4v) is 3.85. The maximum atomic E-state index is 11.5. The Kier molecular flexibility index (Phi) is 4.92. The Bertz CT molecular complexity index is 773. The van der Waals surface area contributed by atoms with Gasteiger partial charge in [-0.2, -0.15) is 0 Å². The third kappa shape index (κ3) is 3.97. The second-order valence-electron chi connectivity index (χ2n) is 6.50. The van der Waals surface area contributed by atoms with Crippen molar-refractivity contribution in [2.45, 2.75) is 30.3 Å². The summed E-state index contributed by atoms with van der Waals surface area (Å²) >= 11 is 0. The van der Waals surface area contributed by atoms with E-state index in [-0.39, 0.29) is 6.04 Å². The van der Waals surface area contributed by atoms with Crippen LogP contribution in [0.15, 0.2) is 59.5 Å². The first kappa shape index (κ1) is 17.0. The van der Waals surface area contributed by atoms with E-state index in [0.29, 0.717) is 10.9 Å². The van der Waals surface area contributed by atoms with Gasteiger partial charge in [0.1, 0.15) is 0 Å². The monoisotopic (exact) mass is 344 g/mol. The van der Waals surface area contributed by atoms with E-state index in [1.54, 1.807) is 12.1 Å². The molecule has 0 saturated carbocycles. The van der Waals surface area contributed by atoms with E-state index in [4.69, 9.17) is 0 Å². The van der Waals surface area contributed by atoms with Gasteiger partial charge in [0.05, 0.1) is 4.90 Å². The number of hydrogen-bond donors (Lipinski definition) is 1. The van der Waals surface area contributed by atoms with Crippen LogP contribution in [-0.4, -0.2) is 33.8 Å². The van der Waals surface area contributed by atoms with Crippen LogP contribution >= 0.6 is 0 Å². The minimum absolute atomic E-state index is 0.194. The average Bonchev–Trinajstić information content (AvgIpc) is 3.03. The molecule has 0 radical (unpaired) electrons. The predicted octanol–water partition coefficient (Wildman–Crippen LogP) is 3.02. The van der Waals surface area contributed by atoms with Crippen molar-refractivity contribution in [3.8, 4) is 0 Å². The number of hydrogen-bond acceptors (Lipinski definition) is 4. The van der Waals surface area contributed by atoms with E-state index >= 15 is 0 Å². The molecule has 1 N–H and O–H groups in total. The van der Waals surface area contributed by atoms with Crippen LogP contribution in [0.5, 0.6) is 0 Å². The second-order valence-corrected chi connectivity index (χ2v) is 8.51. The lowest BCUT2D eigenvalue weighted by Gasteiger charge is -2.22. The Morgan fingerprint density at radius 1 is 1.08 bits per heavy atom. The summed E-state index contributed by atoms with van der Waals surface area (Å²) in [5.74, 6) is 0. The summed E-state index contributed by atoms with van der Waals surface area (Å²) in [4.78, 5) is 2.77. The van der Waals surface area contributed by atoms with Gasteiger partial charge < -0.3 is 10.2 Å². The average molecular weight is 344 g/mol. The zero-order valence-electron chi connectivity index (χ0n) is 14.1. The van der Waals surface area contributed by atoms with Gasteiger partial charge in [-0.25, -0.2) is 8.42 Å². The molecule has 4 nitrogen and oxygen atoms in total. The second kappa shape index (κ2) is 6.95. The molecule has 0 unspecified atom stereocenters. The molecule has 0 aliphatic carbocycles. The van der Waals surface area contributed by atoms with Gasteiger partial charge in [0, 0.05) is 37.1 Å². The number of sulfone groups is 1. The molecule has 0 spiro atoms. The molecular weight excluding hydrogens is 320 g/mol. The lowest BCUT2D eigenvalue weighted by molar-refractivity contribution is 0.481. The molecule has 0 amide bonds. The number of rotatable bonds is 5. The fraction of sp³-hybridized carbons (Fsp3) is 0.368. The van der Waals surface area contributed by atoms with E-state index in [0.717, 1.165) is 25.1 Å². The minimum Gasteiger partial charge on any atom is -0.370 e. The summed E-state index contributed by atoms with van der Waals surface area (Å²) in [6.45, 7) is 4.18. The van der Waals surface area contributed by atoms with Crippen LogP contribution in [0.25, 0.3) is 0 Å². The maximum absolute atomic E-state index is 11.5. The molecule has 1 fully saturated rings. The molecule has 1 aliphatic rings. The molecule has 24 heavy (non-hydrogen) atoms. The third-order valence-electron chi connectivity index (χ3n) is 4.60. The molecular formula is C19H24N2O2S. The van der Waals surface area contributed by atoms with Crippen LogP contribution in [0.1, 0.15) is 24.9 Å². The summed E-state index contributed by atoms with van der Waals surface area (Å²) in [5.41, 5.74) is 2.38. The highest BCUT2D eigenvalue weighted by atomic mass is 32.2. The van der Waals surface area contributed by atoms with Crippen LogP contribution < -0.4 is 10.2 Å². The largest absolute Gasteiger partial charge is 0.370 e. The van der Waals surface area contributed by atoms with Crippen molar-refractivity contribution in [2.75, 3.05) is 24.2 Å². The predicted molar refractivity (Wildman–Crippen MR) is 98.2 cm³/mol. The van der Waals surface area contributed by atoms with E-state index in [9.17, 15) is 8.42 Å². The van der Waals surface area contributed by atoms with Crippen molar-refractivity contribution in [3.63, 3.8) is 0 Å². The molecule has 2 aromatic carbocycles. The normalized spacial score (nSPS) is 19.4. The third-order valence-corrected chi connectivity index (χ3v) is 5.73. The zero-order valence-corrected chi connectivity index (χ0v) is 15.0. The Labute approximate surface area is 144 Å². The zero-order chi connectivity index (χ0) is 17.2. The SMILES string of the molecule is C[C@@H](N[C@@H]1CCN(c2ccccc2)C1)c1ccc(S(C)(=O)=O)cc1. The first-order chi connectivity index (χ1) is 11.4. The lowest BCUT2D eigenvalue weighted by Crippen LogP contribution is -2.34. The molecule has 5 heteroatoms. The Balaban J connectivity index is 1.60. The number of para-hydroxylation sites is 1. The molecule has 2 atom stereocenters. The van der Waals surface area contributed by atoms with E-state index in [1.165, 1.54) is 11.9 Å². The van der Waals surface area contributed by atoms with Crippen molar-refractivity contribution >= 4 is 15.5 Å². The van der Waals surface area contributed by atoms with Crippen molar-refractivity contribution in [1.82, 2.24) is 5.32 Å². The Hall–Kier alpha value is -1.85. The van der Waals surface area contributed by atoms with E-state index < -0.39 is 9.84 Å². The quantitative estimate of drug-likeness (QED) is 0.906. The molecule has 3 rings (SSSR count). The summed E-state index contributed by atoms with van der Waals surface area (Å²) in [6.07, 6.45) is 2.35. The number of anilines is 1. The summed E-state index contributed by atoms with van der Waals surface area (Å²) < 4.78 is 23.1. The molecule has 1 aliphatic heterocycles.